The van der Waals surface area contributed by atoms with Gasteiger partial charge in [0.25, 0.3) is 5.56 Å². The van der Waals surface area contributed by atoms with Gasteiger partial charge in [-0.1, -0.05) is 19.8 Å². The molecule has 0 radical (unpaired) electrons. The van der Waals surface area contributed by atoms with Crippen molar-refractivity contribution < 1.29 is 33.4 Å². The first-order chi connectivity index (χ1) is 17.2. The molecule has 1 unspecified atom stereocenters. The highest BCUT2D eigenvalue weighted by molar-refractivity contribution is 7.32. The van der Waals surface area contributed by atoms with Gasteiger partial charge in [0, 0.05) is 38.2 Å². The molecule has 36 heavy (non-hydrogen) atoms. The van der Waals surface area contributed by atoms with Crippen LogP contribution in [-0.4, -0.2) is 63.3 Å². The lowest BCUT2D eigenvalue weighted by Crippen LogP contribution is -2.33. The highest BCUT2D eigenvalue weighted by Crippen LogP contribution is 2.34. The van der Waals surface area contributed by atoms with Crippen molar-refractivity contribution in [3.63, 3.8) is 0 Å². The highest BCUT2D eigenvalue weighted by atomic mass is 31.1. The van der Waals surface area contributed by atoms with Crippen molar-refractivity contribution >= 4 is 26.1 Å². The van der Waals surface area contributed by atoms with E-state index in [0.29, 0.717) is 19.5 Å². The molecule has 0 aliphatic carbocycles. The van der Waals surface area contributed by atoms with Crippen molar-refractivity contribution in [1.29, 1.82) is 0 Å². The summed E-state index contributed by atoms with van der Waals surface area (Å²) in [5, 5.41) is 15.0. The fraction of sp³-hybridized carbons (Fsp3) is 0.636. The maximum Gasteiger partial charge on any atom is 0.330 e. The first kappa shape index (κ1) is 29.7. The molecule has 13 nitrogen and oxygen atoms in total. The summed E-state index contributed by atoms with van der Waals surface area (Å²) in [6.45, 7) is 2.56. The summed E-state index contributed by atoms with van der Waals surface area (Å²) in [7, 11) is -3.28. The molecule has 5 N–H and O–H groups in total. The van der Waals surface area contributed by atoms with Gasteiger partial charge in [0.2, 0.25) is 11.8 Å². The molecule has 1 aliphatic heterocycles. The van der Waals surface area contributed by atoms with Crippen LogP contribution in [0, 0.1) is 0 Å². The monoisotopic (exact) mass is 530 g/mol. The van der Waals surface area contributed by atoms with E-state index in [9.17, 15) is 28.8 Å². The van der Waals surface area contributed by atoms with Crippen LogP contribution in [-0.2, 0) is 23.4 Å². The largest absolute Gasteiger partial charge is 0.394 e. The summed E-state index contributed by atoms with van der Waals surface area (Å²) in [4.78, 5) is 59.0. The van der Waals surface area contributed by atoms with E-state index in [1.165, 1.54) is 18.3 Å². The summed E-state index contributed by atoms with van der Waals surface area (Å²) < 4.78 is 22.5. The van der Waals surface area contributed by atoms with Gasteiger partial charge in [0.1, 0.15) is 12.3 Å². The van der Waals surface area contributed by atoms with Gasteiger partial charge in [0.05, 0.1) is 18.3 Å². The summed E-state index contributed by atoms with van der Waals surface area (Å²) in [5.74, 6) is -0.340. The normalized spacial score (nSPS) is 20.5. The number of aliphatic hydroxyl groups excluding tert-OH is 1. The van der Waals surface area contributed by atoms with Crippen molar-refractivity contribution in [2.45, 2.75) is 70.3 Å². The molecule has 2 amide bonds. The minimum Gasteiger partial charge on any atom is -0.394 e. The topological polar surface area (TPSA) is 189 Å². The lowest BCUT2D eigenvalue weighted by Gasteiger charge is -2.15. The van der Waals surface area contributed by atoms with E-state index in [0.717, 1.165) is 36.7 Å². The summed E-state index contributed by atoms with van der Waals surface area (Å²) >= 11 is 0. The molecule has 0 saturated carbocycles. The van der Waals surface area contributed by atoms with Crippen LogP contribution in [0.1, 0.15) is 63.7 Å². The highest BCUT2D eigenvalue weighted by Gasteiger charge is 2.38. The molecule has 1 fully saturated rings. The quantitative estimate of drug-likeness (QED) is 0.120. The van der Waals surface area contributed by atoms with Gasteiger partial charge in [-0.2, -0.15) is 0 Å². The van der Waals surface area contributed by atoms with Crippen LogP contribution < -0.4 is 21.9 Å². The number of hydrogen-bond acceptors (Lipinski definition) is 8. The smallest absolute Gasteiger partial charge is 0.330 e. The Labute approximate surface area is 208 Å². The number of carbonyl (C=O) groups excluding carboxylic acids is 2. The van der Waals surface area contributed by atoms with E-state index < -0.39 is 50.5 Å². The van der Waals surface area contributed by atoms with Crippen molar-refractivity contribution in [1.82, 2.24) is 20.2 Å². The standard InChI is InChI=1S/C22H35N4O9P/c1-2-7-18(28)23-10-5-3-4-6-11-24-19(29)9-8-15-13-26(22(31)25-21(15)30)20-12-16(35-36(32)33)17(14-27)34-20/h8-9,13,16-17,20,27,36H,2-7,10-12,14H2,1H3,(H,23,28)(H,24,29)(H,32,33)(H,25,30,31)/b9-8+/t16-,17-,20-/m1/s1. The Morgan fingerprint density at radius 2 is 1.94 bits per heavy atom. The predicted octanol–water partition coefficient (Wildman–Crippen LogP) is 0.190. The van der Waals surface area contributed by atoms with Crippen molar-refractivity contribution in [2.75, 3.05) is 19.7 Å². The molecule has 0 aromatic carbocycles. The number of rotatable bonds is 15. The molecular weight excluding hydrogens is 495 g/mol. The van der Waals surface area contributed by atoms with Crippen LogP contribution >= 0.6 is 8.25 Å². The first-order valence-corrected chi connectivity index (χ1v) is 13.3. The Morgan fingerprint density at radius 3 is 2.58 bits per heavy atom. The molecular formula is C22H35N4O9P. The van der Waals surface area contributed by atoms with E-state index in [4.69, 9.17) is 14.2 Å². The molecule has 1 aliphatic rings. The van der Waals surface area contributed by atoms with Crippen LogP contribution in [0.2, 0.25) is 0 Å². The maximum atomic E-state index is 12.3. The van der Waals surface area contributed by atoms with Gasteiger partial charge in [0.15, 0.2) is 0 Å². The number of unbranched alkanes of at least 4 members (excludes halogenated alkanes) is 3. The minimum atomic E-state index is -3.28. The Bertz CT molecular complexity index is 1040. The molecule has 1 aromatic rings. The second-order valence-electron chi connectivity index (χ2n) is 8.36. The number of carbonyl (C=O) groups is 2. The van der Waals surface area contributed by atoms with Gasteiger partial charge in [-0.05, 0) is 25.3 Å². The number of nitrogens with one attached hydrogen (secondary N) is 3. The minimum absolute atomic E-state index is 0.00287. The Kier molecular flexibility index (Phi) is 12.8. The molecule has 0 bridgehead atoms. The predicted molar refractivity (Wildman–Crippen MR) is 131 cm³/mol. The second kappa shape index (κ2) is 15.5. The number of aromatic amines is 1. The van der Waals surface area contributed by atoms with Crippen LogP contribution in [0.25, 0.3) is 6.08 Å². The van der Waals surface area contributed by atoms with Crippen molar-refractivity contribution in [3.05, 3.63) is 38.7 Å². The number of ether oxygens (including phenoxy) is 1. The summed E-state index contributed by atoms with van der Waals surface area (Å²) in [5.41, 5.74) is -1.44. The lowest BCUT2D eigenvalue weighted by atomic mass is 10.2. The zero-order valence-electron chi connectivity index (χ0n) is 20.2. The number of aromatic nitrogens is 2. The van der Waals surface area contributed by atoms with Crippen LogP contribution in [0.3, 0.4) is 0 Å². The zero-order chi connectivity index (χ0) is 26.5. The van der Waals surface area contributed by atoms with E-state index >= 15 is 0 Å². The summed E-state index contributed by atoms with van der Waals surface area (Å²) in [6.07, 6.45) is 5.72. The van der Waals surface area contributed by atoms with Crippen molar-refractivity contribution in [2.24, 2.45) is 0 Å². The fourth-order valence-electron chi connectivity index (χ4n) is 3.71. The number of aliphatic hydroxyl groups is 1. The molecule has 2 heterocycles. The number of nitrogens with zero attached hydrogens (tertiary/aromatic N) is 1. The average molecular weight is 531 g/mol. The third kappa shape index (κ3) is 9.82. The lowest BCUT2D eigenvalue weighted by molar-refractivity contribution is -0.121. The Morgan fingerprint density at radius 1 is 1.25 bits per heavy atom. The maximum absolute atomic E-state index is 12.3. The van der Waals surface area contributed by atoms with Crippen LogP contribution in [0.5, 0.6) is 0 Å². The molecule has 1 saturated heterocycles. The van der Waals surface area contributed by atoms with Crippen molar-refractivity contribution in [3.8, 4) is 0 Å². The van der Waals surface area contributed by atoms with Gasteiger partial charge in [-0.3, -0.25) is 28.5 Å². The number of H-pyrrole nitrogens is 1. The molecule has 0 spiro atoms. The van der Waals surface area contributed by atoms with E-state index in [-0.39, 0.29) is 17.9 Å². The zero-order valence-corrected chi connectivity index (χ0v) is 21.2. The summed E-state index contributed by atoms with van der Waals surface area (Å²) in [6, 6.07) is 0. The number of amides is 2. The average Bonchev–Trinajstić information content (AvgIpc) is 3.22. The Balaban J connectivity index is 1.83. The van der Waals surface area contributed by atoms with Gasteiger partial charge >= 0.3 is 13.9 Å². The molecule has 14 heteroatoms. The third-order valence-corrected chi connectivity index (χ3v) is 6.04. The van der Waals surface area contributed by atoms with Gasteiger partial charge < -0.3 is 29.9 Å². The molecule has 4 atom stereocenters. The van der Waals surface area contributed by atoms with Gasteiger partial charge in [-0.15, -0.1) is 0 Å². The van der Waals surface area contributed by atoms with Crippen LogP contribution in [0.15, 0.2) is 21.9 Å². The van der Waals surface area contributed by atoms with Gasteiger partial charge in [-0.25, -0.2) is 4.79 Å². The first-order valence-electron chi connectivity index (χ1n) is 12.0. The molecule has 2 rings (SSSR count). The molecule has 202 valence electrons. The fourth-order valence-corrected chi connectivity index (χ4v) is 4.21. The molecule has 1 aromatic heterocycles. The Hall–Kier alpha value is -2.57. The number of hydrogen-bond donors (Lipinski definition) is 5. The van der Waals surface area contributed by atoms with E-state index in [1.54, 1.807) is 0 Å². The SMILES string of the molecule is CCCC(=O)NCCCCCCNC(=O)/C=C/c1cn([C@H]2C[C@@H](O[PH](=O)O)[C@@H](CO)O2)c(=O)[nH]c1=O. The van der Waals surface area contributed by atoms with E-state index in [2.05, 4.69) is 15.6 Å². The third-order valence-electron chi connectivity index (χ3n) is 5.53. The van der Waals surface area contributed by atoms with Crippen LogP contribution in [0.4, 0.5) is 0 Å². The second-order valence-corrected chi connectivity index (χ2v) is 9.13. The van der Waals surface area contributed by atoms with E-state index in [1.807, 2.05) is 6.92 Å².